The minimum absolute atomic E-state index is 0.279. The van der Waals surface area contributed by atoms with Crippen LogP contribution < -0.4 is 0 Å². The Balaban J connectivity index is 1.34. The van der Waals surface area contributed by atoms with Crippen LogP contribution in [0.2, 0.25) is 0 Å². The van der Waals surface area contributed by atoms with E-state index in [2.05, 4.69) is 46.3 Å². The zero-order chi connectivity index (χ0) is 17.1. The normalized spacial score (nSPS) is 20.5. The lowest BCUT2D eigenvalue weighted by Crippen LogP contribution is -2.38. The first-order valence-corrected chi connectivity index (χ1v) is 9.31. The largest absolute Gasteiger partial charge is 0.338 e. The Bertz CT molecular complexity index is 731. The maximum atomic E-state index is 12.7. The van der Waals surface area contributed by atoms with E-state index in [1.54, 1.807) is 0 Å². The van der Waals surface area contributed by atoms with E-state index in [0.717, 1.165) is 44.7 Å². The van der Waals surface area contributed by atoms with Gasteiger partial charge in [-0.2, -0.15) is 0 Å². The van der Waals surface area contributed by atoms with Gasteiger partial charge in [0.25, 0.3) is 0 Å². The number of nitrogens with zero attached hydrogens (tertiary/aromatic N) is 3. The predicted molar refractivity (Wildman–Crippen MR) is 98.0 cm³/mol. The molecule has 0 aliphatic carbocycles. The monoisotopic (exact) mass is 335 g/mol. The van der Waals surface area contributed by atoms with Crippen LogP contribution in [-0.2, 0) is 17.8 Å². The molecule has 0 unspecified atom stereocenters. The van der Waals surface area contributed by atoms with Crippen molar-refractivity contribution in [1.29, 1.82) is 0 Å². The molecular formula is C21H25N3O. The quantitative estimate of drug-likeness (QED) is 0.861. The van der Waals surface area contributed by atoms with Crippen molar-refractivity contribution in [3.05, 3.63) is 65.5 Å². The van der Waals surface area contributed by atoms with Crippen LogP contribution >= 0.6 is 0 Å². The van der Waals surface area contributed by atoms with Gasteiger partial charge in [-0.3, -0.25) is 14.7 Å². The van der Waals surface area contributed by atoms with Gasteiger partial charge in [-0.15, -0.1) is 0 Å². The van der Waals surface area contributed by atoms with E-state index in [1.807, 2.05) is 17.2 Å². The summed E-state index contributed by atoms with van der Waals surface area (Å²) >= 11 is 0. The van der Waals surface area contributed by atoms with E-state index in [9.17, 15) is 4.79 Å². The van der Waals surface area contributed by atoms with E-state index in [1.165, 1.54) is 17.5 Å². The number of likely N-dealkylation sites (tertiary alicyclic amines) is 1. The molecular weight excluding hydrogens is 310 g/mol. The third-order valence-corrected chi connectivity index (χ3v) is 5.49. The average molecular weight is 335 g/mol. The standard InChI is InChI=1S/C21H25N3O/c25-21(24-14-10-17-6-1-2-7-18(17)16-24)11-15-23-13-5-9-20(23)19-8-3-4-12-22-19/h1-4,6-8,12,20H,5,9-11,13-16H2/t20-/m1/s1. The van der Waals surface area contributed by atoms with Crippen LogP contribution in [0.5, 0.6) is 0 Å². The number of hydrogen-bond acceptors (Lipinski definition) is 3. The number of benzene rings is 1. The van der Waals surface area contributed by atoms with Gasteiger partial charge in [-0.1, -0.05) is 30.3 Å². The molecule has 3 heterocycles. The van der Waals surface area contributed by atoms with Crippen LogP contribution in [-0.4, -0.2) is 40.3 Å². The first-order valence-electron chi connectivity index (χ1n) is 9.31. The van der Waals surface area contributed by atoms with E-state index in [0.29, 0.717) is 12.5 Å². The van der Waals surface area contributed by atoms with Gasteiger partial charge in [0.2, 0.25) is 5.91 Å². The first-order chi connectivity index (χ1) is 12.3. The number of carbonyl (C=O) groups excluding carboxylic acids is 1. The Labute approximate surface area is 149 Å². The minimum Gasteiger partial charge on any atom is -0.338 e. The Kier molecular flexibility index (Phi) is 4.79. The van der Waals surface area contributed by atoms with Gasteiger partial charge in [0.15, 0.2) is 0 Å². The molecule has 1 aromatic heterocycles. The zero-order valence-electron chi connectivity index (χ0n) is 14.6. The third-order valence-electron chi connectivity index (χ3n) is 5.49. The van der Waals surface area contributed by atoms with Gasteiger partial charge >= 0.3 is 0 Å². The van der Waals surface area contributed by atoms with Gasteiger partial charge in [-0.25, -0.2) is 0 Å². The van der Waals surface area contributed by atoms with E-state index in [4.69, 9.17) is 0 Å². The van der Waals surface area contributed by atoms with Crippen LogP contribution in [0.3, 0.4) is 0 Å². The van der Waals surface area contributed by atoms with Crippen molar-refractivity contribution in [2.75, 3.05) is 19.6 Å². The molecule has 25 heavy (non-hydrogen) atoms. The fourth-order valence-electron chi connectivity index (χ4n) is 4.11. The molecule has 1 amide bonds. The summed E-state index contributed by atoms with van der Waals surface area (Å²) in [4.78, 5) is 21.7. The molecule has 130 valence electrons. The molecule has 0 spiro atoms. The van der Waals surface area contributed by atoms with Gasteiger partial charge in [0, 0.05) is 32.3 Å². The number of aromatic nitrogens is 1. The summed E-state index contributed by atoms with van der Waals surface area (Å²) in [5.41, 5.74) is 3.83. The molecule has 4 heteroatoms. The van der Waals surface area contributed by atoms with E-state index >= 15 is 0 Å². The second-order valence-corrected chi connectivity index (χ2v) is 7.03. The lowest BCUT2D eigenvalue weighted by atomic mass is 10.00. The maximum absolute atomic E-state index is 12.7. The molecule has 0 saturated carbocycles. The maximum Gasteiger partial charge on any atom is 0.224 e. The second kappa shape index (κ2) is 7.36. The number of hydrogen-bond donors (Lipinski definition) is 0. The first kappa shape index (κ1) is 16.3. The molecule has 2 aliphatic heterocycles. The van der Waals surface area contributed by atoms with Crippen molar-refractivity contribution >= 4 is 5.91 Å². The lowest BCUT2D eigenvalue weighted by Gasteiger charge is -2.30. The second-order valence-electron chi connectivity index (χ2n) is 7.03. The number of fused-ring (bicyclic) bond motifs is 1. The van der Waals surface area contributed by atoms with Crippen molar-refractivity contribution < 1.29 is 4.79 Å². The number of rotatable bonds is 4. The molecule has 1 saturated heterocycles. The van der Waals surface area contributed by atoms with Gasteiger partial charge in [-0.05, 0) is 49.1 Å². The predicted octanol–water partition coefficient (Wildman–Crippen LogP) is 3.19. The Morgan fingerprint density at radius 2 is 1.92 bits per heavy atom. The lowest BCUT2D eigenvalue weighted by molar-refractivity contribution is -0.132. The number of carbonyl (C=O) groups is 1. The fourth-order valence-corrected chi connectivity index (χ4v) is 4.11. The summed E-state index contributed by atoms with van der Waals surface area (Å²) in [6.07, 6.45) is 5.77. The molecule has 0 radical (unpaired) electrons. The molecule has 4 nitrogen and oxygen atoms in total. The van der Waals surface area contributed by atoms with Crippen LogP contribution in [0.4, 0.5) is 0 Å². The summed E-state index contributed by atoms with van der Waals surface area (Å²) in [6, 6.07) is 15.0. The summed E-state index contributed by atoms with van der Waals surface area (Å²) in [7, 11) is 0. The fraction of sp³-hybridized carbons (Fsp3) is 0.429. The Morgan fingerprint density at radius 3 is 2.76 bits per heavy atom. The summed E-state index contributed by atoms with van der Waals surface area (Å²) in [5, 5.41) is 0. The number of amides is 1. The molecule has 0 N–H and O–H groups in total. The summed E-state index contributed by atoms with van der Waals surface area (Å²) in [6.45, 7) is 3.51. The van der Waals surface area contributed by atoms with Crippen LogP contribution in [0.1, 0.15) is 42.1 Å². The minimum atomic E-state index is 0.279. The van der Waals surface area contributed by atoms with Crippen LogP contribution in [0.25, 0.3) is 0 Å². The van der Waals surface area contributed by atoms with E-state index < -0.39 is 0 Å². The van der Waals surface area contributed by atoms with Gasteiger partial charge in [0.05, 0.1) is 11.7 Å². The summed E-state index contributed by atoms with van der Waals surface area (Å²) < 4.78 is 0. The van der Waals surface area contributed by atoms with Crippen molar-refractivity contribution in [3.63, 3.8) is 0 Å². The SMILES string of the molecule is O=C(CCN1CCC[C@@H]1c1ccccn1)N1CCc2ccccc2C1. The Hall–Kier alpha value is -2.20. The molecule has 2 aliphatic rings. The highest BCUT2D eigenvalue weighted by Gasteiger charge is 2.28. The van der Waals surface area contributed by atoms with Gasteiger partial charge in [0.1, 0.15) is 0 Å². The molecule has 1 aromatic carbocycles. The van der Waals surface area contributed by atoms with Crippen molar-refractivity contribution in [3.8, 4) is 0 Å². The van der Waals surface area contributed by atoms with Crippen molar-refractivity contribution in [2.45, 2.75) is 38.3 Å². The zero-order valence-corrected chi connectivity index (χ0v) is 14.6. The van der Waals surface area contributed by atoms with Crippen LogP contribution in [0, 0.1) is 0 Å². The highest BCUT2D eigenvalue weighted by Crippen LogP contribution is 2.30. The number of pyridine rings is 1. The highest BCUT2D eigenvalue weighted by atomic mass is 16.2. The van der Waals surface area contributed by atoms with Crippen LogP contribution in [0.15, 0.2) is 48.7 Å². The average Bonchev–Trinajstić information content (AvgIpc) is 3.15. The van der Waals surface area contributed by atoms with Gasteiger partial charge < -0.3 is 4.90 Å². The van der Waals surface area contributed by atoms with E-state index in [-0.39, 0.29) is 5.91 Å². The topological polar surface area (TPSA) is 36.4 Å². The summed E-state index contributed by atoms with van der Waals surface area (Å²) in [5.74, 6) is 0.279. The van der Waals surface area contributed by atoms with Crippen molar-refractivity contribution in [1.82, 2.24) is 14.8 Å². The van der Waals surface area contributed by atoms with Crippen molar-refractivity contribution in [2.24, 2.45) is 0 Å². The molecule has 4 rings (SSSR count). The molecule has 1 fully saturated rings. The molecule has 0 bridgehead atoms. The molecule has 2 aromatic rings. The Morgan fingerprint density at radius 1 is 1.08 bits per heavy atom. The third kappa shape index (κ3) is 3.59. The molecule has 1 atom stereocenters. The highest BCUT2D eigenvalue weighted by molar-refractivity contribution is 5.76. The smallest absolute Gasteiger partial charge is 0.224 e.